The number of para-hydroxylation sites is 1. The first-order valence-corrected chi connectivity index (χ1v) is 10.1. The quantitative estimate of drug-likeness (QED) is 0.490. The highest BCUT2D eigenvalue weighted by molar-refractivity contribution is 7.99. The molecule has 2 heterocycles. The number of benzene rings is 2. The van der Waals surface area contributed by atoms with Crippen LogP contribution < -0.4 is 10.2 Å². The van der Waals surface area contributed by atoms with Crippen LogP contribution in [0.4, 0.5) is 10.5 Å². The van der Waals surface area contributed by atoms with Gasteiger partial charge in [0.1, 0.15) is 11.3 Å². The molecule has 7 heteroatoms. The van der Waals surface area contributed by atoms with Gasteiger partial charge in [-0.2, -0.15) is 0 Å². The lowest BCUT2D eigenvalue weighted by Gasteiger charge is -2.27. The lowest BCUT2D eigenvalue weighted by atomic mass is 10.1. The van der Waals surface area contributed by atoms with Gasteiger partial charge >= 0.3 is 6.03 Å². The van der Waals surface area contributed by atoms with E-state index in [2.05, 4.69) is 5.32 Å². The number of furan rings is 1. The first-order valence-electron chi connectivity index (χ1n) is 9.24. The van der Waals surface area contributed by atoms with Crippen LogP contribution in [0.2, 0.25) is 0 Å². The van der Waals surface area contributed by atoms with Crippen molar-refractivity contribution in [3.8, 4) is 0 Å². The molecule has 0 atom stereocenters. The summed E-state index contributed by atoms with van der Waals surface area (Å²) in [6.45, 7) is 3.81. The third kappa shape index (κ3) is 3.92. The SMILES string of the molecule is Cc1ccc(Sc2ccc(C=C3C(=O)NC(=O)N(c4ccccc4C)C3=O)o2)cc1. The molecule has 1 N–H and O–H groups in total. The highest BCUT2D eigenvalue weighted by atomic mass is 32.2. The maximum atomic E-state index is 13.0. The van der Waals surface area contributed by atoms with Crippen LogP contribution in [0.3, 0.4) is 0 Å². The van der Waals surface area contributed by atoms with Gasteiger partial charge in [-0.15, -0.1) is 0 Å². The van der Waals surface area contributed by atoms with Crippen LogP contribution in [-0.2, 0) is 9.59 Å². The van der Waals surface area contributed by atoms with Gasteiger partial charge in [0.15, 0.2) is 5.09 Å². The standard InChI is InChI=1S/C23H18N2O4S/c1-14-7-10-17(11-8-14)30-20-12-9-16(29-20)13-18-21(26)24-23(28)25(22(18)27)19-6-4-3-5-15(19)2/h3-13H,1-2H3,(H,24,26,28). The van der Waals surface area contributed by atoms with Gasteiger partial charge in [0.25, 0.3) is 11.8 Å². The summed E-state index contributed by atoms with van der Waals surface area (Å²) < 4.78 is 5.76. The zero-order valence-electron chi connectivity index (χ0n) is 16.3. The number of hydrogen-bond donors (Lipinski definition) is 1. The summed E-state index contributed by atoms with van der Waals surface area (Å²) in [7, 11) is 0. The van der Waals surface area contributed by atoms with Crippen LogP contribution in [0, 0.1) is 13.8 Å². The average Bonchev–Trinajstić information content (AvgIpc) is 3.15. The van der Waals surface area contributed by atoms with E-state index in [1.807, 2.05) is 37.3 Å². The molecule has 1 saturated heterocycles. The van der Waals surface area contributed by atoms with E-state index in [9.17, 15) is 14.4 Å². The van der Waals surface area contributed by atoms with Crippen LogP contribution in [0.1, 0.15) is 16.9 Å². The molecule has 1 aliphatic heterocycles. The molecular formula is C23H18N2O4S. The fraction of sp³-hybridized carbons (Fsp3) is 0.0870. The second-order valence-electron chi connectivity index (χ2n) is 6.82. The number of urea groups is 1. The number of carbonyl (C=O) groups excluding carboxylic acids is 3. The summed E-state index contributed by atoms with van der Waals surface area (Å²) in [5.74, 6) is -1.09. The molecule has 2 aromatic carbocycles. The third-order valence-electron chi connectivity index (χ3n) is 4.59. The molecule has 0 radical (unpaired) electrons. The van der Waals surface area contributed by atoms with Gasteiger partial charge in [-0.1, -0.05) is 47.7 Å². The average molecular weight is 418 g/mol. The molecule has 30 heavy (non-hydrogen) atoms. The minimum atomic E-state index is -0.772. The molecule has 0 saturated carbocycles. The van der Waals surface area contributed by atoms with Gasteiger partial charge < -0.3 is 4.42 Å². The van der Waals surface area contributed by atoms with E-state index >= 15 is 0 Å². The smallest absolute Gasteiger partial charge is 0.335 e. The van der Waals surface area contributed by atoms with E-state index < -0.39 is 17.8 Å². The summed E-state index contributed by atoms with van der Waals surface area (Å²) >= 11 is 1.43. The van der Waals surface area contributed by atoms with E-state index in [4.69, 9.17) is 4.42 Å². The number of carbonyl (C=O) groups is 3. The summed E-state index contributed by atoms with van der Waals surface area (Å²) in [4.78, 5) is 39.6. The topological polar surface area (TPSA) is 79.6 Å². The number of hydrogen-bond acceptors (Lipinski definition) is 5. The number of nitrogens with zero attached hydrogens (tertiary/aromatic N) is 1. The van der Waals surface area contributed by atoms with E-state index in [1.165, 1.54) is 23.4 Å². The van der Waals surface area contributed by atoms with E-state index in [0.29, 0.717) is 16.5 Å². The molecule has 1 aliphatic rings. The lowest BCUT2D eigenvalue weighted by molar-refractivity contribution is -0.122. The molecule has 1 aromatic heterocycles. The second kappa shape index (κ2) is 8.04. The highest BCUT2D eigenvalue weighted by Crippen LogP contribution is 2.31. The van der Waals surface area contributed by atoms with Crippen LogP contribution in [0.25, 0.3) is 6.08 Å². The maximum Gasteiger partial charge on any atom is 0.335 e. The molecule has 3 aromatic rings. The molecule has 4 amide bonds. The summed E-state index contributed by atoms with van der Waals surface area (Å²) in [5, 5.41) is 2.85. The molecule has 0 bridgehead atoms. The second-order valence-corrected chi connectivity index (χ2v) is 7.89. The molecule has 0 unspecified atom stereocenters. The van der Waals surface area contributed by atoms with Gasteiger partial charge in [0.05, 0.1) is 5.69 Å². The van der Waals surface area contributed by atoms with Crippen molar-refractivity contribution >= 4 is 41.4 Å². The first kappa shape index (κ1) is 19.7. The third-order valence-corrected chi connectivity index (χ3v) is 5.51. The number of anilines is 1. The monoisotopic (exact) mass is 418 g/mol. The van der Waals surface area contributed by atoms with Crippen molar-refractivity contribution in [3.63, 3.8) is 0 Å². The zero-order valence-corrected chi connectivity index (χ0v) is 17.2. The molecule has 0 spiro atoms. The van der Waals surface area contributed by atoms with E-state index in [1.54, 1.807) is 37.3 Å². The van der Waals surface area contributed by atoms with Gasteiger partial charge in [-0.25, -0.2) is 9.69 Å². The van der Waals surface area contributed by atoms with Crippen molar-refractivity contribution < 1.29 is 18.8 Å². The van der Waals surface area contributed by atoms with E-state index in [0.717, 1.165) is 15.4 Å². The van der Waals surface area contributed by atoms with Crippen LogP contribution in [0.15, 0.2) is 80.6 Å². The Hall–Kier alpha value is -3.58. The summed E-state index contributed by atoms with van der Waals surface area (Å²) in [6, 6.07) is 17.7. The van der Waals surface area contributed by atoms with Crippen LogP contribution in [-0.4, -0.2) is 17.8 Å². The Kier molecular flexibility index (Phi) is 5.29. The molecule has 150 valence electrons. The minimum absolute atomic E-state index is 0.168. The number of barbiturate groups is 1. The number of aryl methyl sites for hydroxylation is 2. The van der Waals surface area contributed by atoms with Crippen molar-refractivity contribution in [2.75, 3.05) is 4.90 Å². The predicted molar refractivity (Wildman–Crippen MR) is 114 cm³/mol. The number of rotatable bonds is 4. The zero-order chi connectivity index (χ0) is 21.3. The maximum absolute atomic E-state index is 13.0. The Labute approximate surface area is 177 Å². The van der Waals surface area contributed by atoms with Crippen LogP contribution in [0.5, 0.6) is 0 Å². The van der Waals surface area contributed by atoms with Crippen molar-refractivity contribution in [1.82, 2.24) is 5.32 Å². The van der Waals surface area contributed by atoms with Gasteiger partial charge in [0, 0.05) is 4.90 Å². The van der Waals surface area contributed by atoms with Crippen LogP contribution >= 0.6 is 11.8 Å². The van der Waals surface area contributed by atoms with Crippen molar-refractivity contribution in [2.45, 2.75) is 23.8 Å². The van der Waals surface area contributed by atoms with Crippen molar-refractivity contribution in [1.29, 1.82) is 0 Å². The Balaban J connectivity index is 1.61. The van der Waals surface area contributed by atoms with Crippen molar-refractivity contribution in [2.24, 2.45) is 0 Å². The molecule has 1 fully saturated rings. The number of amides is 4. The Morgan fingerprint density at radius 2 is 1.67 bits per heavy atom. The lowest BCUT2D eigenvalue weighted by Crippen LogP contribution is -2.54. The normalized spacial score (nSPS) is 15.6. The molecular weight excluding hydrogens is 400 g/mol. The van der Waals surface area contributed by atoms with Gasteiger partial charge in [-0.3, -0.25) is 14.9 Å². The van der Waals surface area contributed by atoms with E-state index in [-0.39, 0.29) is 5.57 Å². The first-order chi connectivity index (χ1) is 14.4. The Morgan fingerprint density at radius 3 is 2.40 bits per heavy atom. The molecule has 6 nitrogen and oxygen atoms in total. The number of imide groups is 2. The summed E-state index contributed by atoms with van der Waals surface area (Å²) in [6.07, 6.45) is 1.36. The minimum Gasteiger partial charge on any atom is -0.450 e. The predicted octanol–water partition coefficient (Wildman–Crippen LogP) is 4.71. The molecule has 4 rings (SSSR count). The van der Waals surface area contributed by atoms with Gasteiger partial charge in [-0.05, 0) is 55.8 Å². The van der Waals surface area contributed by atoms with Gasteiger partial charge in [0.2, 0.25) is 0 Å². The fourth-order valence-electron chi connectivity index (χ4n) is 3.02. The fourth-order valence-corrected chi connectivity index (χ4v) is 3.80. The Morgan fingerprint density at radius 1 is 0.933 bits per heavy atom. The Bertz CT molecular complexity index is 1180. The molecule has 0 aliphatic carbocycles. The summed E-state index contributed by atoms with van der Waals surface area (Å²) in [5.41, 5.74) is 2.16. The largest absolute Gasteiger partial charge is 0.450 e. The van der Waals surface area contributed by atoms with Crippen molar-refractivity contribution in [3.05, 3.63) is 83.1 Å². The number of nitrogens with one attached hydrogen (secondary N) is 1. The highest BCUT2D eigenvalue weighted by Gasteiger charge is 2.37.